The number of ether oxygens (including phenoxy) is 1. The number of carbonyl (C=O) groups excluding carboxylic acids is 1. The molecule has 122 valence electrons. The van der Waals surface area contributed by atoms with E-state index in [1.165, 1.54) is 0 Å². The lowest BCUT2D eigenvalue weighted by molar-refractivity contribution is 0.0744. The van der Waals surface area contributed by atoms with E-state index in [9.17, 15) is 4.79 Å². The van der Waals surface area contributed by atoms with E-state index in [-0.39, 0.29) is 12.0 Å². The summed E-state index contributed by atoms with van der Waals surface area (Å²) >= 11 is 0. The van der Waals surface area contributed by atoms with Gasteiger partial charge in [-0.15, -0.1) is 0 Å². The van der Waals surface area contributed by atoms with Crippen molar-refractivity contribution >= 4 is 11.8 Å². The number of hydrogen-bond acceptors (Lipinski definition) is 4. The molecule has 1 aliphatic rings. The number of carbonyl (C=O) groups is 1. The van der Waals surface area contributed by atoms with Crippen molar-refractivity contribution < 1.29 is 13.9 Å². The van der Waals surface area contributed by atoms with Crippen LogP contribution in [0.15, 0.2) is 47.1 Å². The van der Waals surface area contributed by atoms with Gasteiger partial charge in [-0.3, -0.25) is 4.79 Å². The number of nitrogens with zero attached hydrogens (tertiary/aromatic N) is 2. The summed E-state index contributed by atoms with van der Waals surface area (Å²) in [4.78, 5) is 16.7. The maximum atomic E-state index is 12.7. The topological polar surface area (TPSA) is 45.9 Å². The Morgan fingerprint density at radius 3 is 2.57 bits per heavy atom. The maximum Gasteiger partial charge on any atom is 0.254 e. The second-order valence-electron chi connectivity index (χ2n) is 5.92. The summed E-state index contributed by atoms with van der Waals surface area (Å²) in [5.74, 6) is 1.66. The van der Waals surface area contributed by atoms with Crippen LogP contribution in [-0.2, 0) is 0 Å². The van der Waals surface area contributed by atoms with Gasteiger partial charge in [0.25, 0.3) is 5.91 Å². The molecule has 1 aromatic carbocycles. The molecule has 0 saturated carbocycles. The first kappa shape index (κ1) is 15.5. The van der Waals surface area contributed by atoms with E-state index in [0.717, 1.165) is 24.7 Å². The second kappa shape index (κ2) is 6.77. The predicted octanol–water partition coefficient (Wildman–Crippen LogP) is 3.03. The first-order valence-electron chi connectivity index (χ1n) is 7.98. The van der Waals surface area contributed by atoms with Crippen molar-refractivity contribution in [2.45, 2.75) is 20.0 Å². The monoisotopic (exact) mass is 314 g/mol. The molecule has 0 spiro atoms. The Balaban J connectivity index is 1.63. The molecule has 1 amide bonds. The van der Waals surface area contributed by atoms with E-state index >= 15 is 0 Å². The number of hydrogen-bond donors (Lipinski definition) is 0. The summed E-state index contributed by atoms with van der Waals surface area (Å²) in [5.41, 5.74) is 0.676. The molecule has 1 aromatic heterocycles. The van der Waals surface area contributed by atoms with Crippen LogP contribution in [0.5, 0.6) is 5.75 Å². The fourth-order valence-electron chi connectivity index (χ4n) is 2.74. The molecule has 2 aromatic rings. The third kappa shape index (κ3) is 3.67. The van der Waals surface area contributed by atoms with Gasteiger partial charge in [0.1, 0.15) is 5.75 Å². The summed E-state index contributed by atoms with van der Waals surface area (Å²) in [6, 6.07) is 11.2. The van der Waals surface area contributed by atoms with E-state index < -0.39 is 0 Å². The molecule has 0 aliphatic carbocycles. The summed E-state index contributed by atoms with van der Waals surface area (Å²) in [6.45, 7) is 6.89. The van der Waals surface area contributed by atoms with Crippen molar-refractivity contribution in [1.82, 2.24) is 4.90 Å². The minimum absolute atomic E-state index is 0.0540. The maximum absolute atomic E-state index is 12.7. The molecule has 1 saturated heterocycles. The highest BCUT2D eigenvalue weighted by Gasteiger charge is 2.23. The van der Waals surface area contributed by atoms with Gasteiger partial charge in [0.15, 0.2) is 5.88 Å². The fourth-order valence-corrected chi connectivity index (χ4v) is 2.74. The van der Waals surface area contributed by atoms with Crippen molar-refractivity contribution in [3.05, 3.63) is 48.2 Å². The number of anilines is 1. The molecular formula is C18H22N2O3. The van der Waals surface area contributed by atoms with Crippen molar-refractivity contribution in [1.29, 1.82) is 0 Å². The van der Waals surface area contributed by atoms with Crippen LogP contribution < -0.4 is 9.64 Å². The van der Waals surface area contributed by atoms with Gasteiger partial charge in [0.2, 0.25) is 0 Å². The molecule has 1 aliphatic heterocycles. The van der Waals surface area contributed by atoms with Crippen LogP contribution in [0.4, 0.5) is 5.88 Å². The SMILES string of the molecule is CC(C)Oc1cccc(C(=O)N2CCN(c3ccco3)CC2)c1. The fraction of sp³-hybridized carbons (Fsp3) is 0.389. The smallest absolute Gasteiger partial charge is 0.254 e. The lowest BCUT2D eigenvalue weighted by atomic mass is 10.1. The Kier molecular flexibility index (Phi) is 4.55. The predicted molar refractivity (Wildman–Crippen MR) is 89.0 cm³/mol. The number of rotatable bonds is 4. The largest absolute Gasteiger partial charge is 0.491 e. The first-order chi connectivity index (χ1) is 11.1. The van der Waals surface area contributed by atoms with E-state index in [2.05, 4.69) is 4.90 Å². The Morgan fingerprint density at radius 1 is 1.13 bits per heavy atom. The average Bonchev–Trinajstić information content (AvgIpc) is 3.08. The van der Waals surface area contributed by atoms with Crippen LogP contribution in [0.1, 0.15) is 24.2 Å². The standard InChI is InChI=1S/C18H22N2O3/c1-14(2)23-16-6-3-5-15(13-16)18(21)20-10-8-19(9-11-20)17-7-4-12-22-17/h3-7,12-14H,8-11H2,1-2H3. The highest BCUT2D eigenvalue weighted by atomic mass is 16.5. The molecule has 0 N–H and O–H groups in total. The van der Waals surface area contributed by atoms with Crippen LogP contribution >= 0.6 is 0 Å². The Hall–Kier alpha value is -2.43. The lowest BCUT2D eigenvalue weighted by Crippen LogP contribution is -2.48. The number of piperazine rings is 1. The highest BCUT2D eigenvalue weighted by Crippen LogP contribution is 2.19. The van der Waals surface area contributed by atoms with Gasteiger partial charge < -0.3 is 19.0 Å². The van der Waals surface area contributed by atoms with E-state index in [1.807, 2.05) is 55.1 Å². The summed E-state index contributed by atoms with van der Waals surface area (Å²) in [6.07, 6.45) is 1.77. The third-order valence-corrected chi connectivity index (χ3v) is 3.84. The van der Waals surface area contributed by atoms with Crippen molar-refractivity contribution in [2.24, 2.45) is 0 Å². The Labute approximate surface area is 136 Å². The molecule has 2 heterocycles. The Bertz CT molecular complexity index is 644. The molecule has 5 nitrogen and oxygen atoms in total. The van der Waals surface area contributed by atoms with E-state index in [4.69, 9.17) is 9.15 Å². The molecule has 1 fully saturated rings. The summed E-state index contributed by atoms with van der Waals surface area (Å²) < 4.78 is 11.1. The molecule has 5 heteroatoms. The molecule has 0 atom stereocenters. The van der Waals surface area contributed by atoms with Crippen LogP contribution in [0.3, 0.4) is 0 Å². The zero-order valence-electron chi connectivity index (χ0n) is 13.6. The molecule has 0 bridgehead atoms. The van der Waals surface area contributed by atoms with Crippen LogP contribution in [-0.4, -0.2) is 43.1 Å². The Morgan fingerprint density at radius 2 is 1.91 bits per heavy atom. The van der Waals surface area contributed by atoms with Gasteiger partial charge in [0, 0.05) is 37.8 Å². The lowest BCUT2D eigenvalue weighted by Gasteiger charge is -2.34. The van der Waals surface area contributed by atoms with Gasteiger partial charge in [-0.2, -0.15) is 0 Å². The van der Waals surface area contributed by atoms with Crippen molar-refractivity contribution in [3.8, 4) is 5.75 Å². The average molecular weight is 314 g/mol. The van der Waals surface area contributed by atoms with Crippen molar-refractivity contribution in [3.63, 3.8) is 0 Å². The molecule has 0 radical (unpaired) electrons. The minimum Gasteiger partial charge on any atom is -0.491 e. The van der Waals surface area contributed by atoms with Gasteiger partial charge in [0.05, 0.1) is 12.4 Å². The number of amides is 1. The van der Waals surface area contributed by atoms with Gasteiger partial charge >= 0.3 is 0 Å². The summed E-state index contributed by atoms with van der Waals surface area (Å²) in [5, 5.41) is 0. The zero-order valence-corrected chi connectivity index (χ0v) is 13.6. The normalized spacial score (nSPS) is 15.1. The molecule has 0 unspecified atom stereocenters. The summed E-state index contributed by atoms with van der Waals surface area (Å²) in [7, 11) is 0. The van der Waals surface area contributed by atoms with Gasteiger partial charge in [-0.1, -0.05) is 6.07 Å². The highest BCUT2D eigenvalue weighted by molar-refractivity contribution is 5.94. The first-order valence-corrected chi connectivity index (χ1v) is 7.98. The van der Waals surface area contributed by atoms with Crippen LogP contribution in [0.25, 0.3) is 0 Å². The minimum atomic E-state index is 0.0540. The number of benzene rings is 1. The molecule has 3 rings (SSSR count). The van der Waals surface area contributed by atoms with Crippen LogP contribution in [0.2, 0.25) is 0 Å². The quantitative estimate of drug-likeness (QED) is 0.870. The molecule has 23 heavy (non-hydrogen) atoms. The molecular weight excluding hydrogens is 292 g/mol. The second-order valence-corrected chi connectivity index (χ2v) is 5.92. The van der Waals surface area contributed by atoms with Crippen molar-refractivity contribution in [2.75, 3.05) is 31.1 Å². The van der Waals surface area contributed by atoms with Gasteiger partial charge in [-0.25, -0.2) is 0 Å². The zero-order chi connectivity index (χ0) is 16.2. The van der Waals surface area contributed by atoms with E-state index in [1.54, 1.807) is 6.26 Å². The van der Waals surface area contributed by atoms with Crippen LogP contribution in [0, 0.1) is 0 Å². The third-order valence-electron chi connectivity index (χ3n) is 3.84. The number of furan rings is 1. The van der Waals surface area contributed by atoms with E-state index in [0.29, 0.717) is 18.7 Å². The van der Waals surface area contributed by atoms with Gasteiger partial charge in [-0.05, 0) is 38.1 Å².